The summed E-state index contributed by atoms with van der Waals surface area (Å²) in [7, 11) is 2.69. The largest absolute Gasteiger partial charge is 0.469 e. The summed E-state index contributed by atoms with van der Waals surface area (Å²) in [4.78, 5) is 78.7. The first-order valence-corrected chi connectivity index (χ1v) is 25.4. The second-order valence-electron chi connectivity index (χ2n) is 21.4. The van der Waals surface area contributed by atoms with Gasteiger partial charge < -0.3 is 24.2 Å². The van der Waals surface area contributed by atoms with Crippen molar-refractivity contribution in [2.45, 2.75) is 170 Å². The first-order chi connectivity index (χ1) is 32.6. The number of likely N-dealkylation sites (tertiary alicyclic amines) is 2. The molecule has 3 heterocycles. The Kier molecular flexibility index (Phi) is 21.2. The number of ketones is 2. The van der Waals surface area contributed by atoms with Crippen LogP contribution in [0.3, 0.4) is 0 Å². The van der Waals surface area contributed by atoms with Gasteiger partial charge in [0.15, 0.2) is 5.78 Å². The summed E-state index contributed by atoms with van der Waals surface area (Å²) in [6.07, 6.45) is 7.13. The fourth-order valence-corrected chi connectivity index (χ4v) is 9.84. The van der Waals surface area contributed by atoms with E-state index in [0.717, 1.165) is 42.5 Å². The number of nitrogens with zero attached hydrogens (tertiary/aromatic N) is 3. The highest BCUT2D eigenvalue weighted by Crippen LogP contribution is 2.40. The van der Waals surface area contributed by atoms with E-state index in [9.17, 15) is 28.8 Å². The minimum absolute atomic E-state index is 0.00931. The molecule has 11 heteroatoms. The van der Waals surface area contributed by atoms with Gasteiger partial charge in [0.25, 0.3) is 0 Å². The summed E-state index contributed by atoms with van der Waals surface area (Å²) in [6.45, 7) is 24.0. The Hall–Kier alpha value is -5.32. The van der Waals surface area contributed by atoms with E-state index in [1.807, 2.05) is 63.8 Å². The van der Waals surface area contributed by atoms with Crippen LogP contribution in [0.15, 0.2) is 72.8 Å². The maximum Gasteiger partial charge on any atom is 0.306 e. The van der Waals surface area contributed by atoms with Gasteiger partial charge in [-0.15, -0.1) is 0 Å². The molecule has 11 nitrogen and oxygen atoms in total. The Morgan fingerprint density at radius 3 is 1.59 bits per heavy atom. The van der Waals surface area contributed by atoms with Crippen LogP contribution >= 0.6 is 0 Å². The number of aryl methyl sites for hydroxylation is 1. The Bertz CT molecular complexity index is 2160. The first kappa shape index (κ1) is 56.3. The predicted octanol–water partition coefficient (Wildman–Crippen LogP) is 10.6. The highest BCUT2D eigenvalue weighted by molar-refractivity contribution is 5.92. The molecule has 6 rings (SSSR count). The van der Waals surface area contributed by atoms with Crippen molar-refractivity contribution in [1.29, 1.82) is 0 Å². The molecule has 3 aliphatic rings. The zero-order valence-corrected chi connectivity index (χ0v) is 44.1. The number of rotatable bonds is 15. The van der Waals surface area contributed by atoms with Gasteiger partial charge in [0.2, 0.25) is 11.8 Å². The van der Waals surface area contributed by atoms with Gasteiger partial charge in [-0.2, -0.15) is 0 Å². The minimum Gasteiger partial charge on any atom is -0.469 e. The van der Waals surface area contributed by atoms with Crippen molar-refractivity contribution < 1.29 is 38.2 Å². The number of hydrogen-bond acceptors (Lipinski definition) is 9. The van der Waals surface area contributed by atoms with Crippen molar-refractivity contribution in [3.05, 3.63) is 101 Å². The molecule has 0 spiro atoms. The fraction of sp³-hybridized carbons (Fsp3) is 0.586. The van der Waals surface area contributed by atoms with E-state index >= 15 is 0 Å². The number of amides is 2. The summed E-state index contributed by atoms with van der Waals surface area (Å²) in [5.41, 5.74) is 7.44. The fourth-order valence-electron chi connectivity index (χ4n) is 9.84. The lowest BCUT2D eigenvalue weighted by molar-refractivity contribution is -0.149. The number of benzene rings is 3. The number of methoxy groups -OCH3 is 2. The molecule has 2 amide bonds. The third kappa shape index (κ3) is 16.1. The number of anilines is 1. The van der Waals surface area contributed by atoms with Crippen LogP contribution in [-0.2, 0) is 56.5 Å². The summed E-state index contributed by atoms with van der Waals surface area (Å²) in [5.74, 6) is -0.931. The zero-order valence-electron chi connectivity index (χ0n) is 44.1. The van der Waals surface area contributed by atoms with Gasteiger partial charge in [-0.3, -0.25) is 28.8 Å². The molecule has 0 saturated carbocycles. The average molecular weight is 950 g/mol. The summed E-state index contributed by atoms with van der Waals surface area (Å²) in [6, 6.07) is 26.5. The van der Waals surface area contributed by atoms with Gasteiger partial charge in [0.05, 0.1) is 51.0 Å². The molecule has 0 aromatic heterocycles. The highest BCUT2D eigenvalue weighted by Gasteiger charge is 2.39. The third-order valence-electron chi connectivity index (χ3n) is 14.2. The second-order valence-corrected chi connectivity index (χ2v) is 21.4. The number of hydrogen-bond donors (Lipinski definition) is 0. The van der Waals surface area contributed by atoms with Gasteiger partial charge in [-0.05, 0) is 118 Å². The second kappa shape index (κ2) is 26.0. The van der Waals surface area contributed by atoms with Crippen molar-refractivity contribution in [1.82, 2.24) is 9.80 Å². The monoisotopic (exact) mass is 950 g/mol. The van der Waals surface area contributed by atoms with Gasteiger partial charge >= 0.3 is 11.9 Å². The van der Waals surface area contributed by atoms with Crippen LogP contribution in [-0.4, -0.2) is 90.6 Å². The molecule has 3 saturated heterocycles. The highest BCUT2D eigenvalue weighted by atomic mass is 16.5. The van der Waals surface area contributed by atoms with Crippen LogP contribution in [0.4, 0.5) is 5.69 Å². The van der Waals surface area contributed by atoms with Crippen LogP contribution in [0.25, 0.3) is 0 Å². The molecule has 0 unspecified atom stereocenters. The van der Waals surface area contributed by atoms with Crippen LogP contribution in [0, 0.1) is 30.6 Å². The zero-order chi connectivity index (χ0) is 51.2. The molecule has 378 valence electrons. The molecule has 69 heavy (non-hydrogen) atoms. The molecule has 0 N–H and O–H groups in total. The number of Topliss-reactive ketones (excluding diaryl/α,β-unsaturated/α-hetero) is 2. The predicted molar refractivity (Wildman–Crippen MR) is 275 cm³/mol. The van der Waals surface area contributed by atoms with Crippen molar-refractivity contribution in [2.75, 3.05) is 32.2 Å². The first-order valence-electron chi connectivity index (χ1n) is 25.4. The lowest BCUT2D eigenvalue weighted by Gasteiger charge is -2.32. The normalized spacial score (nSPS) is 19.8. The summed E-state index contributed by atoms with van der Waals surface area (Å²) < 4.78 is 9.39. The minimum atomic E-state index is -0.449. The van der Waals surface area contributed by atoms with Crippen LogP contribution in [0.2, 0.25) is 0 Å². The van der Waals surface area contributed by atoms with E-state index in [-0.39, 0.29) is 71.4 Å². The molecule has 0 radical (unpaired) electrons. The lowest BCUT2D eigenvalue weighted by Crippen LogP contribution is -2.45. The number of carbonyl (C=O) groups is 6. The van der Waals surface area contributed by atoms with Crippen molar-refractivity contribution in [2.24, 2.45) is 23.7 Å². The van der Waals surface area contributed by atoms with Crippen LogP contribution in [0.1, 0.15) is 154 Å². The molecular formula is C58H83N3O8. The van der Waals surface area contributed by atoms with Crippen molar-refractivity contribution in [3.8, 4) is 0 Å². The van der Waals surface area contributed by atoms with E-state index in [4.69, 9.17) is 4.74 Å². The Morgan fingerprint density at radius 2 is 1.12 bits per heavy atom. The SMILES string of the molecule is CC(=O)Cc1ccc([C@@H]2CC[C@@H](C)N2c2ccc(C(C)(C)C)cc2)cc1.COC(=O)C[C@H](C(=O)N1CCC[C@H]1C(=O)Cc1ccc(C)cc1)C(C)C.COC(=O)C[C@H](C(=O)N1CCC[C@H]1C)C(C)C. The molecule has 3 fully saturated rings. The van der Waals surface area contributed by atoms with E-state index in [2.05, 4.69) is 92.8 Å². The molecule has 3 aromatic rings. The van der Waals surface area contributed by atoms with Gasteiger partial charge in [-0.25, -0.2) is 0 Å². The van der Waals surface area contributed by atoms with Gasteiger partial charge in [0, 0.05) is 43.7 Å². The topological polar surface area (TPSA) is 131 Å². The average Bonchev–Trinajstić information content (AvgIpc) is 4.08. The third-order valence-corrected chi connectivity index (χ3v) is 14.2. The van der Waals surface area contributed by atoms with Crippen LogP contribution in [0.5, 0.6) is 0 Å². The van der Waals surface area contributed by atoms with Gasteiger partial charge in [0.1, 0.15) is 5.78 Å². The Labute approximate surface area is 414 Å². The summed E-state index contributed by atoms with van der Waals surface area (Å²) in [5, 5.41) is 0. The van der Waals surface area contributed by atoms with E-state index in [1.165, 1.54) is 43.9 Å². The van der Waals surface area contributed by atoms with E-state index in [0.29, 0.717) is 43.9 Å². The maximum atomic E-state index is 13.0. The number of carbonyl (C=O) groups excluding carboxylic acids is 6. The maximum absolute atomic E-state index is 13.0. The standard InChI is InChI=1S/C24H31NO.C21H29NO4.C13H23NO3/c1-17-6-15-23(20-9-7-19(8-10-20)16-18(2)26)25(17)22-13-11-21(12-14-22)24(3,4)5;1-14(2)17(13-20(24)26-4)21(25)22-11-5-6-18(22)19(23)12-16-9-7-15(3)8-10-16;1-9(2)11(8-12(15)17-4)13(16)14-7-5-6-10(14)3/h7-14,17,23H,6,15-16H2,1-5H3;7-10,14,17-18H,5-6,11-13H2,1-4H3;9-11H,5-8H2,1-4H3/t17-,23+;17-,18-;10-,11+/m101/s1. The van der Waals surface area contributed by atoms with Crippen molar-refractivity contribution in [3.63, 3.8) is 0 Å². The summed E-state index contributed by atoms with van der Waals surface area (Å²) >= 11 is 0. The van der Waals surface area contributed by atoms with Crippen LogP contribution < -0.4 is 4.90 Å². The molecule has 6 atom stereocenters. The number of ether oxygens (including phenoxy) is 2. The van der Waals surface area contributed by atoms with E-state index in [1.54, 1.807) is 11.8 Å². The Balaban J connectivity index is 0.000000231. The van der Waals surface area contributed by atoms with Gasteiger partial charge in [-0.1, -0.05) is 115 Å². The molecule has 0 bridgehead atoms. The van der Waals surface area contributed by atoms with E-state index < -0.39 is 11.9 Å². The molecule has 3 aliphatic heterocycles. The Morgan fingerprint density at radius 1 is 0.623 bits per heavy atom. The van der Waals surface area contributed by atoms with Crippen molar-refractivity contribution >= 4 is 41.0 Å². The lowest BCUT2D eigenvalue weighted by atomic mass is 9.87. The smallest absolute Gasteiger partial charge is 0.306 e. The quantitative estimate of drug-likeness (QED) is 0.137. The molecule has 3 aromatic carbocycles. The number of esters is 2. The molecule has 0 aliphatic carbocycles. The molecular weight excluding hydrogens is 867 g/mol.